The highest BCUT2D eigenvalue weighted by molar-refractivity contribution is 5.93. The van der Waals surface area contributed by atoms with Gasteiger partial charge in [0.05, 0.1) is 6.61 Å². The summed E-state index contributed by atoms with van der Waals surface area (Å²) in [5.41, 5.74) is 0.417. The lowest BCUT2D eigenvalue weighted by atomic mass is 10.1. The maximum atomic E-state index is 12.4. The molecule has 0 aliphatic carbocycles. The van der Waals surface area contributed by atoms with E-state index in [2.05, 4.69) is 4.74 Å². The smallest absolute Gasteiger partial charge is 0.305 e. The number of benzene rings is 1. The molecule has 0 bridgehead atoms. The molecule has 0 saturated heterocycles. The van der Waals surface area contributed by atoms with Crippen LogP contribution in [0.4, 0.5) is 4.39 Å². The van der Waals surface area contributed by atoms with Gasteiger partial charge in [-0.2, -0.15) is 0 Å². The summed E-state index contributed by atoms with van der Waals surface area (Å²) in [7, 11) is 0. The molecule has 17 heavy (non-hydrogen) atoms. The molecule has 1 aromatic rings. The summed E-state index contributed by atoms with van der Waals surface area (Å²) in [4.78, 5) is 20.8. The van der Waals surface area contributed by atoms with Gasteiger partial charge in [-0.3, -0.25) is 9.59 Å². The first-order chi connectivity index (χ1) is 8.01. The van der Waals surface area contributed by atoms with Crippen molar-refractivity contribution in [2.75, 3.05) is 6.61 Å². The van der Waals surface area contributed by atoms with Crippen molar-refractivity contribution in [3.63, 3.8) is 0 Å². The third kappa shape index (κ3) is 7.22. The van der Waals surface area contributed by atoms with Gasteiger partial charge in [0, 0.05) is 12.0 Å². The first kappa shape index (κ1) is 15.3. The fourth-order valence-corrected chi connectivity index (χ4v) is 0.971. The van der Waals surface area contributed by atoms with E-state index < -0.39 is 0 Å². The topological polar surface area (TPSA) is 43.4 Å². The van der Waals surface area contributed by atoms with E-state index in [9.17, 15) is 14.0 Å². The minimum atomic E-state index is -0.368. The average Bonchev–Trinajstić information content (AvgIpc) is 2.30. The normalized spacial score (nSPS) is 8.94. The fraction of sp³-hybridized carbons (Fsp3) is 0.385. The predicted octanol–water partition coefficient (Wildman–Crippen LogP) is 2.99. The molecule has 0 atom stereocenters. The number of ether oxygens (including phenoxy) is 1. The Morgan fingerprint density at radius 1 is 1.29 bits per heavy atom. The lowest BCUT2D eigenvalue weighted by Crippen LogP contribution is -2.00. The van der Waals surface area contributed by atoms with Gasteiger partial charge in [0.2, 0.25) is 0 Å². The minimum Gasteiger partial charge on any atom is -0.466 e. The Labute approximate surface area is 101 Å². The zero-order chi connectivity index (χ0) is 13.3. The van der Waals surface area contributed by atoms with Gasteiger partial charge in [-0.05, 0) is 26.0 Å². The van der Waals surface area contributed by atoms with Gasteiger partial charge in [0.15, 0.2) is 5.78 Å². The van der Waals surface area contributed by atoms with Crippen LogP contribution < -0.4 is 0 Å². The quantitative estimate of drug-likeness (QED) is 0.602. The van der Waals surface area contributed by atoms with Gasteiger partial charge in [-0.25, -0.2) is 4.39 Å². The summed E-state index contributed by atoms with van der Waals surface area (Å²) < 4.78 is 16.9. The van der Waals surface area contributed by atoms with Crippen LogP contribution in [-0.2, 0) is 9.53 Å². The molecule has 0 spiro atoms. The largest absolute Gasteiger partial charge is 0.466 e. The van der Waals surface area contributed by atoms with Crippen molar-refractivity contribution in [2.45, 2.75) is 27.2 Å². The number of hydrogen-bond donors (Lipinski definition) is 0. The Hall–Kier alpha value is -1.71. The molecule has 1 aromatic carbocycles. The standard InChI is InChI=1S/C8H7FO.C5H10O2/c1-6(10)7-3-2-4-8(9)5-7;1-3-5(6)7-4-2/h2-5H,1H3;3-4H2,1-2H3. The fourth-order valence-electron chi connectivity index (χ4n) is 0.971. The van der Waals surface area contributed by atoms with Gasteiger partial charge in [-0.15, -0.1) is 0 Å². The summed E-state index contributed by atoms with van der Waals surface area (Å²) in [5, 5.41) is 0. The first-order valence-electron chi connectivity index (χ1n) is 5.43. The van der Waals surface area contributed by atoms with Crippen molar-refractivity contribution in [1.29, 1.82) is 0 Å². The van der Waals surface area contributed by atoms with Crippen LogP contribution in [0.25, 0.3) is 0 Å². The molecule has 94 valence electrons. The SMILES string of the molecule is CC(=O)c1cccc(F)c1.CCOC(=O)CC. The van der Waals surface area contributed by atoms with E-state index in [-0.39, 0.29) is 17.6 Å². The molecule has 1 rings (SSSR count). The molecule has 0 saturated carbocycles. The Bertz CT molecular complexity index is 375. The van der Waals surface area contributed by atoms with Crippen LogP contribution in [0, 0.1) is 5.82 Å². The van der Waals surface area contributed by atoms with Gasteiger partial charge >= 0.3 is 5.97 Å². The number of carbonyl (C=O) groups excluding carboxylic acids is 2. The molecular formula is C13H17FO3. The molecule has 4 heteroatoms. The highest BCUT2D eigenvalue weighted by Crippen LogP contribution is 2.03. The van der Waals surface area contributed by atoms with Crippen LogP contribution in [0.3, 0.4) is 0 Å². The van der Waals surface area contributed by atoms with Crippen LogP contribution in [0.5, 0.6) is 0 Å². The molecule has 0 aliphatic rings. The molecular weight excluding hydrogens is 223 g/mol. The summed E-state index contributed by atoms with van der Waals surface area (Å²) in [6, 6.07) is 5.65. The lowest BCUT2D eigenvalue weighted by Gasteiger charge is -1.93. The minimum absolute atomic E-state index is 0.112. The van der Waals surface area contributed by atoms with Crippen molar-refractivity contribution < 1.29 is 18.7 Å². The zero-order valence-corrected chi connectivity index (χ0v) is 10.3. The highest BCUT2D eigenvalue weighted by atomic mass is 19.1. The molecule has 0 aliphatic heterocycles. The highest BCUT2D eigenvalue weighted by Gasteiger charge is 1.97. The summed E-state index contributed by atoms with van der Waals surface area (Å²) >= 11 is 0. The molecule has 0 unspecified atom stereocenters. The summed E-state index contributed by atoms with van der Waals surface area (Å²) in [6.45, 7) is 5.48. The number of rotatable bonds is 3. The van der Waals surface area contributed by atoms with E-state index in [0.717, 1.165) is 0 Å². The van der Waals surface area contributed by atoms with Gasteiger partial charge in [-0.1, -0.05) is 19.1 Å². The Morgan fingerprint density at radius 3 is 2.24 bits per heavy atom. The average molecular weight is 240 g/mol. The van der Waals surface area contributed by atoms with Crippen LogP contribution >= 0.6 is 0 Å². The molecule has 0 aromatic heterocycles. The number of halogens is 1. The Morgan fingerprint density at radius 2 is 1.94 bits per heavy atom. The molecule has 0 fully saturated rings. The third-order valence-electron chi connectivity index (χ3n) is 1.83. The van der Waals surface area contributed by atoms with E-state index >= 15 is 0 Å². The second-order valence-corrected chi connectivity index (χ2v) is 3.23. The third-order valence-corrected chi connectivity index (χ3v) is 1.83. The van der Waals surface area contributed by atoms with E-state index in [0.29, 0.717) is 18.6 Å². The molecule has 0 radical (unpaired) electrons. The van der Waals surface area contributed by atoms with Gasteiger partial charge in [0.1, 0.15) is 5.82 Å². The zero-order valence-electron chi connectivity index (χ0n) is 10.3. The molecule has 0 heterocycles. The van der Waals surface area contributed by atoms with Crippen LogP contribution in [-0.4, -0.2) is 18.4 Å². The molecule has 3 nitrogen and oxygen atoms in total. The van der Waals surface area contributed by atoms with Crippen molar-refractivity contribution in [1.82, 2.24) is 0 Å². The summed E-state index contributed by atoms with van der Waals surface area (Å²) in [6.07, 6.45) is 0.480. The Kier molecular flexibility index (Phi) is 7.59. The van der Waals surface area contributed by atoms with Crippen LogP contribution in [0.1, 0.15) is 37.6 Å². The maximum Gasteiger partial charge on any atom is 0.305 e. The second-order valence-electron chi connectivity index (χ2n) is 3.23. The molecule has 0 N–H and O–H groups in total. The monoisotopic (exact) mass is 240 g/mol. The maximum absolute atomic E-state index is 12.4. The van der Waals surface area contributed by atoms with E-state index in [1.165, 1.54) is 25.1 Å². The number of carbonyl (C=O) groups is 2. The van der Waals surface area contributed by atoms with E-state index in [4.69, 9.17) is 0 Å². The number of ketones is 1. The van der Waals surface area contributed by atoms with E-state index in [1.807, 2.05) is 0 Å². The number of Topliss-reactive ketones (excluding diaryl/α,β-unsaturated/α-hetero) is 1. The predicted molar refractivity (Wildman–Crippen MR) is 63.3 cm³/mol. The van der Waals surface area contributed by atoms with Crippen LogP contribution in [0.15, 0.2) is 24.3 Å². The first-order valence-corrected chi connectivity index (χ1v) is 5.43. The van der Waals surface area contributed by atoms with Crippen LogP contribution in [0.2, 0.25) is 0 Å². The molecule has 0 amide bonds. The number of hydrogen-bond acceptors (Lipinski definition) is 3. The van der Waals surface area contributed by atoms with Gasteiger partial charge in [0.25, 0.3) is 0 Å². The Balaban J connectivity index is 0.000000325. The second kappa shape index (κ2) is 8.44. The number of esters is 1. The van der Waals surface area contributed by atoms with Crippen molar-refractivity contribution in [3.05, 3.63) is 35.6 Å². The van der Waals surface area contributed by atoms with Crippen molar-refractivity contribution >= 4 is 11.8 Å². The lowest BCUT2D eigenvalue weighted by molar-refractivity contribution is -0.142. The van der Waals surface area contributed by atoms with Crippen molar-refractivity contribution in [3.8, 4) is 0 Å². The van der Waals surface area contributed by atoms with Gasteiger partial charge < -0.3 is 4.74 Å². The van der Waals surface area contributed by atoms with E-state index in [1.54, 1.807) is 19.9 Å². The summed E-state index contributed by atoms with van der Waals surface area (Å²) in [5.74, 6) is -0.602. The van der Waals surface area contributed by atoms with Crippen molar-refractivity contribution in [2.24, 2.45) is 0 Å².